The average molecular weight is 447 g/mol. The Bertz CT molecular complexity index is 556. The van der Waals surface area contributed by atoms with E-state index in [9.17, 15) is 0 Å². The van der Waals surface area contributed by atoms with Crippen molar-refractivity contribution in [2.24, 2.45) is 10.4 Å². The van der Waals surface area contributed by atoms with Crippen LogP contribution < -0.4 is 14.8 Å². The van der Waals surface area contributed by atoms with Gasteiger partial charge in [0, 0.05) is 24.5 Å². The minimum atomic E-state index is 0. The molecule has 1 fully saturated rings. The number of guanidine groups is 1. The number of methoxy groups -OCH3 is 1. The van der Waals surface area contributed by atoms with E-state index in [2.05, 4.69) is 42.9 Å². The van der Waals surface area contributed by atoms with Crippen molar-refractivity contribution in [2.75, 3.05) is 33.9 Å². The van der Waals surface area contributed by atoms with Gasteiger partial charge in [0.25, 0.3) is 0 Å². The molecule has 0 amide bonds. The summed E-state index contributed by atoms with van der Waals surface area (Å²) in [6.45, 7) is 11.4. The second kappa shape index (κ2) is 8.27. The maximum Gasteiger partial charge on any atom is 0.194 e. The Morgan fingerprint density at radius 3 is 2.21 bits per heavy atom. The van der Waals surface area contributed by atoms with Crippen LogP contribution in [0.15, 0.2) is 29.3 Å². The fourth-order valence-corrected chi connectivity index (χ4v) is 2.70. The predicted molar refractivity (Wildman–Crippen MR) is 110 cm³/mol. The van der Waals surface area contributed by atoms with Gasteiger partial charge in [-0.15, -0.1) is 24.0 Å². The number of hydrogen-bond donors (Lipinski definition) is 1. The van der Waals surface area contributed by atoms with Gasteiger partial charge in [-0.25, -0.2) is 0 Å². The van der Waals surface area contributed by atoms with E-state index in [0.717, 1.165) is 24.0 Å². The fraction of sp³-hybridized carbons (Fsp3) is 0.611. The monoisotopic (exact) mass is 447 g/mol. The zero-order chi connectivity index (χ0) is 17.1. The van der Waals surface area contributed by atoms with Gasteiger partial charge in [0.15, 0.2) is 5.96 Å². The van der Waals surface area contributed by atoms with Gasteiger partial charge in [-0.3, -0.25) is 4.99 Å². The molecule has 24 heavy (non-hydrogen) atoms. The van der Waals surface area contributed by atoms with E-state index in [1.54, 1.807) is 7.11 Å². The molecule has 1 aliphatic heterocycles. The van der Waals surface area contributed by atoms with Crippen molar-refractivity contribution < 1.29 is 9.47 Å². The molecule has 0 atom stereocenters. The van der Waals surface area contributed by atoms with E-state index in [4.69, 9.17) is 9.47 Å². The lowest BCUT2D eigenvalue weighted by Crippen LogP contribution is -2.72. The van der Waals surface area contributed by atoms with E-state index in [1.165, 1.54) is 0 Å². The summed E-state index contributed by atoms with van der Waals surface area (Å²) in [5, 5.41) is 3.38. The summed E-state index contributed by atoms with van der Waals surface area (Å²) in [4.78, 5) is 6.72. The van der Waals surface area contributed by atoms with Crippen LogP contribution in [0.3, 0.4) is 0 Å². The predicted octanol–water partition coefficient (Wildman–Crippen LogP) is 3.39. The molecule has 1 aromatic rings. The van der Waals surface area contributed by atoms with Gasteiger partial charge in [-0.1, -0.05) is 13.8 Å². The highest BCUT2D eigenvalue weighted by Crippen LogP contribution is 2.46. The first-order valence-electron chi connectivity index (χ1n) is 8.07. The van der Waals surface area contributed by atoms with E-state index < -0.39 is 0 Å². The molecular weight excluding hydrogens is 417 g/mol. The Labute approximate surface area is 162 Å². The fourth-order valence-electron chi connectivity index (χ4n) is 2.70. The molecule has 1 aromatic carbocycles. The topological polar surface area (TPSA) is 46.1 Å². The maximum atomic E-state index is 5.73. The minimum Gasteiger partial charge on any atom is -0.497 e. The number of nitrogens with one attached hydrogen (secondary N) is 1. The lowest BCUT2D eigenvalue weighted by molar-refractivity contribution is -0.0667. The second-order valence-electron chi connectivity index (χ2n) is 7.03. The molecule has 1 heterocycles. The number of halogens is 1. The second-order valence-corrected chi connectivity index (χ2v) is 7.03. The van der Waals surface area contributed by atoms with Gasteiger partial charge >= 0.3 is 0 Å². The Hall–Kier alpha value is -1.18. The Kier molecular flexibility index (Phi) is 7.19. The van der Waals surface area contributed by atoms with Crippen LogP contribution in [0, 0.1) is 5.41 Å². The molecule has 2 rings (SSSR count). The third kappa shape index (κ3) is 4.26. The van der Waals surface area contributed by atoms with Gasteiger partial charge in [0.1, 0.15) is 18.1 Å². The smallest absolute Gasteiger partial charge is 0.194 e. The molecule has 1 N–H and O–H groups in total. The minimum absolute atomic E-state index is 0. The van der Waals surface area contributed by atoms with Crippen molar-refractivity contribution in [3.63, 3.8) is 0 Å². The molecule has 0 bridgehead atoms. The summed E-state index contributed by atoms with van der Waals surface area (Å²) in [6.07, 6.45) is 0. The van der Waals surface area contributed by atoms with Crippen molar-refractivity contribution in [1.29, 1.82) is 0 Å². The first-order valence-corrected chi connectivity index (χ1v) is 8.07. The van der Waals surface area contributed by atoms with Crippen LogP contribution in [0.2, 0.25) is 0 Å². The van der Waals surface area contributed by atoms with E-state index in [-0.39, 0.29) is 29.5 Å². The molecular formula is C18H30IN3O2. The van der Waals surface area contributed by atoms with Gasteiger partial charge < -0.3 is 19.7 Å². The largest absolute Gasteiger partial charge is 0.497 e. The van der Waals surface area contributed by atoms with Crippen LogP contribution in [0.25, 0.3) is 0 Å². The molecule has 5 nitrogen and oxygen atoms in total. The molecule has 136 valence electrons. The standard InChI is InChI=1S/C18H29N3O2.HI/c1-17(2)13-21(18(17,3)4)16(19-5)20-11-12-23-15-9-7-14(22-6)8-10-15;/h7-10H,11-13H2,1-6H3,(H,19,20);1H. The molecule has 6 heteroatoms. The van der Waals surface area contributed by atoms with Crippen LogP contribution >= 0.6 is 24.0 Å². The lowest BCUT2D eigenvalue weighted by Gasteiger charge is -2.62. The van der Waals surface area contributed by atoms with Crippen LogP contribution in [-0.4, -0.2) is 50.3 Å². The van der Waals surface area contributed by atoms with Crippen LogP contribution in [0.4, 0.5) is 0 Å². The normalized spacial score (nSPS) is 18.2. The molecule has 0 unspecified atom stereocenters. The van der Waals surface area contributed by atoms with Crippen LogP contribution in [0.1, 0.15) is 27.7 Å². The summed E-state index contributed by atoms with van der Waals surface area (Å²) < 4.78 is 10.9. The highest BCUT2D eigenvalue weighted by Gasteiger charge is 2.53. The zero-order valence-corrected chi connectivity index (χ0v) is 17.9. The van der Waals surface area contributed by atoms with Gasteiger partial charge in [0.2, 0.25) is 0 Å². The Balaban J connectivity index is 0.00000288. The highest BCUT2D eigenvalue weighted by atomic mass is 127. The summed E-state index contributed by atoms with van der Waals surface area (Å²) in [6, 6.07) is 7.61. The number of benzene rings is 1. The number of ether oxygens (including phenoxy) is 2. The summed E-state index contributed by atoms with van der Waals surface area (Å²) in [7, 11) is 3.48. The van der Waals surface area contributed by atoms with Gasteiger partial charge in [-0.05, 0) is 38.1 Å². The van der Waals surface area contributed by atoms with Crippen molar-refractivity contribution in [1.82, 2.24) is 10.2 Å². The van der Waals surface area contributed by atoms with Crippen molar-refractivity contribution in [3.05, 3.63) is 24.3 Å². The molecule has 0 saturated carbocycles. The van der Waals surface area contributed by atoms with Crippen LogP contribution in [-0.2, 0) is 0 Å². The quantitative estimate of drug-likeness (QED) is 0.326. The summed E-state index contributed by atoms with van der Waals surface area (Å²) >= 11 is 0. The van der Waals surface area contributed by atoms with Crippen molar-refractivity contribution >= 4 is 29.9 Å². The molecule has 0 spiro atoms. The number of hydrogen-bond acceptors (Lipinski definition) is 3. The Morgan fingerprint density at radius 2 is 1.75 bits per heavy atom. The lowest BCUT2D eigenvalue weighted by atomic mass is 9.65. The van der Waals surface area contributed by atoms with Crippen molar-refractivity contribution in [3.8, 4) is 11.5 Å². The SMILES string of the molecule is CN=C(NCCOc1ccc(OC)cc1)N1CC(C)(C)C1(C)C.I. The molecule has 1 saturated heterocycles. The third-order valence-corrected chi connectivity index (χ3v) is 5.07. The number of likely N-dealkylation sites (tertiary alicyclic amines) is 1. The maximum absolute atomic E-state index is 5.73. The molecule has 0 aromatic heterocycles. The highest BCUT2D eigenvalue weighted by molar-refractivity contribution is 14.0. The van der Waals surface area contributed by atoms with E-state index >= 15 is 0 Å². The number of aliphatic imine (C=N–C) groups is 1. The molecule has 1 aliphatic rings. The first kappa shape index (κ1) is 20.9. The first-order chi connectivity index (χ1) is 10.8. The van der Waals surface area contributed by atoms with Gasteiger partial charge in [-0.2, -0.15) is 0 Å². The Morgan fingerprint density at radius 1 is 1.17 bits per heavy atom. The van der Waals surface area contributed by atoms with Crippen molar-refractivity contribution in [2.45, 2.75) is 33.2 Å². The third-order valence-electron chi connectivity index (χ3n) is 5.07. The van der Waals surface area contributed by atoms with E-state index in [0.29, 0.717) is 18.6 Å². The summed E-state index contributed by atoms with van der Waals surface area (Å²) in [5.74, 6) is 2.61. The average Bonchev–Trinajstić information content (AvgIpc) is 2.54. The number of rotatable bonds is 5. The molecule has 0 aliphatic carbocycles. The molecule has 0 radical (unpaired) electrons. The summed E-state index contributed by atoms with van der Waals surface area (Å²) in [5.41, 5.74) is 0.399. The van der Waals surface area contributed by atoms with E-state index in [1.807, 2.05) is 31.3 Å². The van der Waals surface area contributed by atoms with Crippen LogP contribution in [0.5, 0.6) is 11.5 Å². The van der Waals surface area contributed by atoms with Gasteiger partial charge in [0.05, 0.1) is 13.7 Å². The number of nitrogens with zero attached hydrogens (tertiary/aromatic N) is 2. The zero-order valence-electron chi connectivity index (χ0n) is 15.5.